The molecule has 1 aromatic heterocycles. The number of benzene rings is 1. The van der Waals surface area contributed by atoms with E-state index in [1.165, 1.54) is 0 Å². The fourth-order valence-electron chi connectivity index (χ4n) is 1.40. The largest absolute Gasteiger partial charge is 0.436 e. The Kier molecular flexibility index (Phi) is 3.31. The molecule has 0 unspecified atom stereocenters. The number of aromatic nitrogens is 1. The van der Waals surface area contributed by atoms with Gasteiger partial charge in [0.1, 0.15) is 5.52 Å². The average molecular weight is 280 g/mol. The molecule has 0 bridgehead atoms. The molecule has 0 aliphatic carbocycles. The molecule has 1 heterocycles. The van der Waals surface area contributed by atoms with E-state index in [4.69, 9.17) is 39.2 Å². The predicted molar refractivity (Wildman–Crippen MR) is 66.0 cm³/mol. The Morgan fingerprint density at radius 2 is 2.12 bits per heavy atom. The van der Waals surface area contributed by atoms with Crippen LogP contribution in [0, 0.1) is 0 Å². The van der Waals surface area contributed by atoms with E-state index in [1.54, 1.807) is 0 Å². The van der Waals surface area contributed by atoms with Crippen LogP contribution in [-0.4, -0.2) is 12.0 Å². The van der Waals surface area contributed by atoms with Crippen LogP contribution in [0.15, 0.2) is 22.6 Å². The maximum Gasteiger partial charge on any atom is 0.266 e. The van der Waals surface area contributed by atoms with E-state index in [1.807, 2.05) is 25.2 Å². The van der Waals surface area contributed by atoms with Crippen LogP contribution in [0.5, 0.6) is 0 Å². The highest BCUT2D eigenvalue weighted by Gasteiger charge is 2.29. The Bertz CT molecular complexity index is 504. The molecule has 0 aliphatic heterocycles. The zero-order valence-corrected chi connectivity index (χ0v) is 10.7. The van der Waals surface area contributed by atoms with Gasteiger partial charge in [0.15, 0.2) is 5.58 Å². The number of hydrogen-bond acceptors (Lipinski definition) is 3. The summed E-state index contributed by atoms with van der Waals surface area (Å²) in [6, 6.07) is 5.66. The first-order chi connectivity index (χ1) is 7.50. The van der Waals surface area contributed by atoms with E-state index >= 15 is 0 Å². The van der Waals surface area contributed by atoms with Crippen LogP contribution in [0.2, 0.25) is 0 Å². The molecule has 0 radical (unpaired) electrons. The van der Waals surface area contributed by atoms with Gasteiger partial charge in [0, 0.05) is 6.54 Å². The third-order valence-corrected chi connectivity index (χ3v) is 2.56. The smallest absolute Gasteiger partial charge is 0.266 e. The Balaban J connectivity index is 2.46. The van der Waals surface area contributed by atoms with Gasteiger partial charge in [-0.25, -0.2) is 4.98 Å². The fourth-order valence-corrected chi connectivity index (χ4v) is 1.65. The molecular weight excluding hydrogens is 270 g/mol. The molecule has 1 aromatic carbocycles. The van der Waals surface area contributed by atoms with E-state index in [-0.39, 0.29) is 5.89 Å². The quantitative estimate of drug-likeness (QED) is 0.857. The summed E-state index contributed by atoms with van der Waals surface area (Å²) in [6.07, 6.45) is 0. The first-order valence-corrected chi connectivity index (χ1v) is 5.75. The van der Waals surface area contributed by atoms with E-state index in [0.29, 0.717) is 11.1 Å². The maximum absolute atomic E-state index is 5.69. The van der Waals surface area contributed by atoms with Crippen molar-refractivity contribution in [3.8, 4) is 0 Å². The summed E-state index contributed by atoms with van der Waals surface area (Å²) >= 11 is 17.1. The SMILES string of the molecule is CNCc1ccc2nc(C(Cl)(Cl)Cl)oc2c1. The number of hydrogen-bond donors (Lipinski definition) is 1. The third kappa shape index (κ3) is 2.43. The Morgan fingerprint density at radius 3 is 2.75 bits per heavy atom. The molecule has 0 saturated carbocycles. The second-order valence-electron chi connectivity index (χ2n) is 3.35. The zero-order valence-electron chi connectivity index (χ0n) is 8.43. The minimum atomic E-state index is -1.62. The Labute approximate surface area is 108 Å². The summed E-state index contributed by atoms with van der Waals surface area (Å²) in [6.45, 7) is 0.750. The van der Waals surface area contributed by atoms with Gasteiger partial charge >= 0.3 is 0 Å². The van der Waals surface area contributed by atoms with Crippen molar-refractivity contribution in [2.24, 2.45) is 0 Å². The Morgan fingerprint density at radius 1 is 1.38 bits per heavy atom. The van der Waals surface area contributed by atoms with E-state index < -0.39 is 3.79 Å². The van der Waals surface area contributed by atoms with Crippen LogP contribution >= 0.6 is 34.8 Å². The average Bonchev–Trinajstić information content (AvgIpc) is 2.60. The first kappa shape index (κ1) is 12.0. The van der Waals surface area contributed by atoms with E-state index in [0.717, 1.165) is 12.1 Å². The van der Waals surface area contributed by atoms with Gasteiger partial charge < -0.3 is 9.73 Å². The molecule has 2 aromatic rings. The molecule has 16 heavy (non-hydrogen) atoms. The molecule has 6 heteroatoms. The van der Waals surface area contributed by atoms with Gasteiger partial charge in [0.2, 0.25) is 5.89 Å². The fraction of sp³-hybridized carbons (Fsp3) is 0.300. The maximum atomic E-state index is 5.69. The number of alkyl halides is 3. The lowest BCUT2D eigenvalue weighted by molar-refractivity contribution is 0.539. The molecule has 0 saturated heterocycles. The van der Waals surface area contributed by atoms with Gasteiger partial charge in [-0.05, 0) is 24.7 Å². The zero-order chi connectivity index (χ0) is 11.8. The lowest BCUT2D eigenvalue weighted by atomic mass is 10.2. The summed E-state index contributed by atoms with van der Waals surface area (Å²) in [7, 11) is 1.87. The number of fused-ring (bicyclic) bond motifs is 1. The summed E-state index contributed by atoms with van der Waals surface area (Å²) in [5.74, 6) is 0.0918. The summed E-state index contributed by atoms with van der Waals surface area (Å²) in [4.78, 5) is 4.10. The number of oxazole rings is 1. The molecular formula is C10H9Cl3N2O. The topological polar surface area (TPSA) is 38.1 Å². The van der Waals surface area contributed by atoms with Gasteiger partial charge in [0.25, 0.3) is 3.79 Å². The monoisotopic (exact) mass is 278 g/mol. The van der Waals surface area contributed by atoms with Crippen molar-refractivity contribution in [3.63, 3.8) is 0 Å². The second kappa shape index (κ2) is 4.41. The number of nitrogens with one attached hydrogen (secondary N) is 1. The molecule has 1 N–H and O–H groups in total. The molecule has 0 spiro atoms. The summed E-state index contributed by atoms with van der Waals surface area (Å²) < 4.78 is 3.76. The predicted octanol–water partition coefficient (Wildman–Crippen LogP) is 3.37. The van der Waals surface area contributed by atoms with Gasteiger partial charge in [-0.15, -0.1) is 0 Å². The van der Waals surface area contributed by atoms with E-state index in [9.17, 15) is 0 Å². The van der Waals surface area contributed by atoms with Gasteiger partial charge in [-0.1, -0.05) is 40.9 Å². The van der Waals surface area contributed by atoms with Crippen molar-refractivity contribution < 1.29 is 4.42 Å². The van der Waals surface area contributed by atoms with Crippen LogP contribution in [0.25, 0.3) is 11.1 Å². The minimum Gasteiger partial charge on any atom is -0.436 e. The third-order valence-electron chi connectivity index (χ3n) is 2.08. The minimum absolute atomic E-state index is 0.0918. The van der Waals surface area contributed by atoms with Gasteiger partial charge in [-0.3, -0.25) is 0 Å². The van der Waals surface area contributed by atoms with Crippen LogP contribution < -0.4 is 5.32 Å². The van der Waals surface area contributed by atoms with E-state index in [2.05, 4.69) is 10.3 Å². The normalized spacial score (nSPS) is 12.2. The summed E-state index contributed by atoms with van der Waals surface area (Å²) in [5, 5.41) is 3.05. The lowest BCUT2D eigenvalue weighted by Gasteiger charge is -2.02. The van der Waals surface area contributed by atoms with Crippen molar-refractivity contribution >= 4 is 45.9 Å². The van der Waals surface area contributed by atoms with Crippen LogP contribution in [-0.2, 0) is 10.3 Å². The first-order valence-electron chi connectivity index (χ1n) is 4.62. The van der Waals surface area contributed by atoms with Crippen LogP contribution in [0.4, 0.5) is 0 Å². The molecule has 0 amide bonds. The number of nitrogens with zero attached hydrogens (tertiary/aromatic N) is 1. The second-order valence-corrected chi connectivity index (χ2v) is 5.63. The van der Waals surface area contributed by atoms with Crippen molar-refractivity contribution in [2.45, 2.75) is 10.3 Å². The Hall–Kier alpha value is -0.480. The lowest BCUT2D eigenvalue weighted by Crippen LogP contribution is -2.04. The highest BCUT2D eigenvalue weighted by Crippen LogP contribution is 2.38. The van der Waals surface area contributed by atoms with Gasteiger partial charge in [-0.2, -0.15) is 0 Å². The van der Waals surface area contributed by atoms with Crippen molar-refractivity contribution in [3.05, 3.63) is 29.7 Å². The number of rotatable bonds is 2. The highest BCUT2D eigenvalue weighted by atomic mass is 35.6. The van der Waals surface area contributed by atoms with Crippen LogP contribution in [0.3, 0.4) is 0 Å². The highest BCUT2D eigenvalue weighted by molar-refractivity contribution is 6.66. The molecule has 0 aliphatic rings. The number of halogens is 3. The molecule has 86 valence electrons. The van der Waals surface area contributed by atoms with Crippen LogP contribution in [0.1, 0.15) is 11.5 Å². The summed E-state index contributed by atoms with van der Waals surface area (Å²) in [5.41, 5.74) is 2.39. The van der Waals surface area contributed by atoms with Crippen molar-refractivity contribution in [1.82, 2.24) is 10.3 Å². The molecule has 0 atom stereocenters. The molecule has 0 fully saturated rings. The van der Waals surface area contributed by atoms with Gasteiger partial charge in [0.05, 0.1) is 0 Å². The molecule has 3 nitrogen and oxygen atoms in total. The standard InChI is InChI=1S/C10H9Cl3N2O/c1-14-5-6-2-3-7-8(4-6)16-9(15-7)10(11,12)13/h2-4,14H,5H2,1H3. The molecule has 2 rings (SSSR count). The van der Waals surface area contributed by atoms with Crippen molar-refractivity contribution in [1.29, 1.82) is 0 Å². The van der Waals surface area contributed by atoms with Crippen molar-refractivity contribution in [2.75, 3.05) is 7.05 Å².